The van der Waals surface area contributed by atoms with Gasteiger partial charge in [0.2, 0.25) is 0 Å². The highest BCUT2D eigenvalue weighted by molar-refractivity contribution is 9.10. The van der Waals surface area contributed by atoms with E-state index in [-0.39, 0.29) is 32.4 Å². The summed E-state index contributed by atoms with van der Waals surface area (Å²) < 4.78 is 5.34. The summed E-state index contributed by atoms with van der Waals surface area (Å²) in [7, 11) is 0. The predicted octanol–water partition coefficient (Wildman–Crippen LogP) is 4.57. The van der Waals surface area contributed by atoms with E-state index in [9.17, 15) is 4.79 Å². The number of rotatable bonds is 0. The van der Waals surface area contributed by atoms with Crippen LogP contribution in [0.3, 0.4) is 0 Å². The molecule has 20 heavy (non-hydrogen) atoms. The zero-order valence-corrected chi connectivity index (χ0v) is 16.0. The van der Waals surface area contributed by atoms with Crippen molar-refractivity contribution in [1.29, 1.82) is 0 Å². The molecule has 3 aliphatic rings. The number of halogens is 3. The Morgan fingerprint density at radius 2 is 1.95 bits per heavy atom. The number of hydrogen-bond donors (Lipinski definition) is 0. The maximum Gasteiger partial charge on any atom is 0.198 e. The highest BCUT2D eigenvalue weighted by atomic mass is 79.9. The predicted molar refractivity (Wildman–Crippen MR) is 87.7 cm³/mol. The summed E-state index contributed by atoms with van der Waals surface area (Å²) in [6, 6.07) is 0. The third-order valence-electron chi connectivity index (χ3n) is 5.88. The van der Waals surface area contributed by atoms with E-state index in [4.69, 9.17) is 16.3 Å². The maximum atomic E-state index is 12.5. The first-order valence-corrected chi connectivity index (χ1v) is 9.01. The van der Waals surface area contributed by atoms with E-state index >= 15 is 0 Å². The minimum absolute atomic E-state index is 0.0161. The number of fused-ring (bicyclic) bond motifs is 1. The second-order valence-corrected chi connectivity index (χ2v) is 10.2. The number of hydrogen-bond acceptors (Lipinski definition) is 2. The number of ketones is 1. The molecule has 1 saturated carbocycles. The molecule has 2 fully saturated rings. The van der Waals surface area contributed by atoms with Crippen LogP contribution in [0.4, 0.5) is 0 Å². The van der Waals surface area contributed by atoms with Gasteiger partial charge in [0.25, 0.3) is 0 Å². The Balaban J connectivity index is 2.21. The normalized spacial score (nSPS) is 53.5. The van der Waals surface area contributed by atoms with Crippen molar-refractivity contribution in [2.45, 2.75) is 60.9 Å². The van der Waals surface area contributed by atoms with Crippen LogP contribution in [0, 0.1) is 10.8 Å². The largest absolute Gasteiger partial charge is 0.351 e. The standard InChI is InChI=1S/C15H19Br2ClO2/c1-8-5-10(19)15(17)12(2,3)14(8)6-9(16)13(4,18)7-11(14)20-15/h5,9,11H,6-7H2,1-4H3. The highest BCUT2D eigenvalue weighted by Gasteiger charge is 2.75. The first-order chi connectivity index (χ1) is 8.99. The van der Waals surface area contributed by atoms with Gasteiger partial charge in [-0.05, 0) is 48.7 Å². The van der Waals surface area contributed by atoms with Crippen LogP contribution in [0.1, 0.15) is 40.5 Å². The topological polar surface area (TPSA) is 26.3 Å². The van der Waals surface area contributed by atoms with Crippen LogP contribution in [0.25, 0.3) is 0 Å². The van der Waals surface area contributed by atoms with Gasteiger partial charge in [0.1, 0.15) is 0 Å². The molecule has 0 amide bonds. The van der Waals surface area contributed by atoms with Crippen molar-refractivity contribution in [2.24, 2.45) is 10.8 Å². The lowest BCUT2D eigenvalue weighted by atomic mass is 9.51. The van der Waals surface area contributed by atoms with Crippen molar-refractivity contribution in [1.82, 2.24) is 0 Å². The van der Waals surface area contributed by atoms with Gasteiger partial charge in [0.05, 0.1) is 11.0 Å². The molecule has 1 spiro atoms. The van der Waals surface area contributed by atoms with Gasteiger partial charge in [-0.2, -0.15) is 0 Å². The van der Waals surface area contributed by atoms with Crippen molar-refractivity contribution >= 4 is 49.2 Å². The lowest BCUT2D eigenvalue weighted by molar-refractivity contribution is -0.132. The van der Waals surface area contributed by atoms with Crippen LogP contribution in [0.2, 0.25) is 0 Å². The van der Waals surface area contributed by atoms with Crippen molar-refractivity contribution in [3.8, 4) is 0 Å². The number of alkyl halides is 3. The smallest absolute Gasteiger partial charge is 0.198 e. The molecule has 2 aliphatic carbocycles. The van der Waals surface area contributed by atoms with Crippen molar-refractivity contribution < 1.29 is 9.53 Å². The molecule has 2 nitrogen and oxygen atoms in total. The SMILES string of the molecule is CC1=CC(=O)C2(Br)OC3CC(C)(Cl)C(Br)CC13C2(C)C. The second kappa shape index (κ2) is 4.12. The van der Waals surface area contributed by atoms with E-state index in [1.807, 2.05) is 6.92 Å². The average molecular weight is 427 g/mol. The summed E-state index contributed by atoms with van der Waals surface area (Å²) in [4.78, 5) is 12.3. The van der Waals surface area contributed by atoms with E-state index in [1.165, 1.54) is 0 Å². The molecule has 5 atom stereocenters. The zero-order valence-electron chi connectivity index (χ0n) is 12.1. The van der Waals surface area contributed by atoms with Gasteiger partial charge in [-0.25, -0.2) is 0 Å². The Bertz CT molecular complexity index is 528. The minimum atomic E-state index is -0.922. The number of ether oxygens (including phenoxy) is 1. The first kappa shape index (κ1) is 15.5. The molecule has 0 aromatic rings. The molecule has 1 saturated heterocycles. The summed E-state index contributed by atoms with van der Waals surface area (Å²) in [6.45, 7) is 8.37. The van der Waals surface area contributed by atoms with Crippen LogP contribution in [0.15, 0.2) is 11.6 Å². The van der Waals surface area contributed by atoms with Gasteiger partial charge >= 0.3 is 0 Å². The monoisotopic (exact) mass is 424 g/mol. The van der Waals surface area contributed by atoms with Crippen LogP contribution < -0.4 is 0 Å². The highest BCUT2D eigenvalue weighted by Crippen LogP contribution is 2.71. The van der Waals surface area contributed by atoms with Gasteiger partial charge in [0, 0.05) is 15.7 Å². The molecule has 1 aliphatic heterocycles. The summed E-state index contributed by atoms with van der Waals surface area (Å²) in [5.74, 6) is 0.0161. The summed E-state index contributed by atoms with van der Waals surface area (Å²) >= 11 is 14.0. The molecular weight excluding hydrogens is 407 g/mol. The molecule has 0 radical (unpaired) electrons. The van der Waals surface area contributed by atoms with Crippen molar-refractivity contribution in [2.75, 3.05) is 0 Å². The fourth-order valence-electron chi connectivity index (χ4n) is 4.41. The van der Waals surface area contributed by atoms with Gasteiger partial charge in [-0.3, -0.25) is 4.79 Å². The van der Waals surface area contributed by atoms with E-state index in [1.54, 1.807) is 6.08 Å². The number of carbonyl (C=O) groups excluding carboxylic acids is 1. The molecule has 0 aromatic heterocycles. The van der Waals surface area contributed by atoms with E-state index < -0.39 is 4.51 Å². The van der Waals surface area contributed by atoms with Gasteiger partial charge in [-0.15, -0.1) is 11.6 Å². The zero-order chi connectivity index (χ0) is 15.1. The maximum absolute atomic E-state index is 12.5. The molecule has 1 heterocycles. The van der Waals surface area contributed by atoms with Gasteiger partial charge in [-0.1, -0.05) is 35.4 Å². The summed E-state index contributed by atoms with van der Waals surface area (Å²) in [5.41, 5.74) is 0.675. The van der Waals surface area contributed by atoms with Crippen molar-refractivity contribution in [3.63, 3.8) is 0 Å². The molecular formula is C15H19Br2ClO2. The van der Waals surface area contributed by atoms with Crippen LogP contribution in [-0.2, 0) is 9.53 Å². The third-order valence-corrected chi connectivity index (χ3v) is 9.46. The lowest BCUT2D eigenvalue weighted by Crippen LogP contribution is -2.58. The number of carbonyl (C=O) groups is 1. The quantitative estimate of drug-likeness (QED) is 0.531. The Labute approximate surface area is 141 Å². The molecule has 5 heteroatoms. The molecule has 0 N–H and O–H groups in total. The summed E-state index contributed by atoms with van der Waals surface area (Å²) in [5, 5.41) is 0. The third kappa shape index (κ3) is 1.52. The molecule has 3 rings (SSSR count). The Hall–Kier alpha value is 0.620. The molecule has 2 bridgehead atoms. The van der Waals surface area contributed by atoms with Crippen LogP contribution in [0.5, 0.6) is 0 Å². The summed E-state index contributed by atoms with van der Waals surface area (Å²) in [6.07, 6.45) is 3.35. The molecule has 5 unspecified atom stereocenters. The Morgan fingerprint density at radius 1 is 1.35 bits per heavy atom. The fraction of sp³-hybridized carbons (Fsp3) is 0.800. The van der Waals surface area contributed by atoms with E-state index in [2.05, 4.69) is 52.6 Å². The van der Waals surface area contributed by atoms with E-state index in [0.717, 1.165) is 18.4 Å². The molecule has 0 aromatic carbocycles. The Morgan fingerprint density at radius 3 is 2.55 bits per heavy atom. The van der Waals surface area contributed by atoms with Crippen LogP contribution in [-0.4, -0.2) is 26.1 Å². The lowest BCUT2D eigenvalue weighted by Gasteiger charge is -2.54. The fourth-order valence-corrected chi connectivity index (χ4v) is 6.02. The molecule has 112 valence electrons. The minimum Gasteiger partial charge on any atom is -0.351 e. The Kier molecular flexibility index (Phi) is 3.20. The van der Waals surface area contributed by atoms with Crippen LogP contribution >= 0.6 is 43.5 Å². The van der Waals surface area contributed by atoms with Crippen molar-refractivity contribution in [3.05, 3.63) is 11.6 Å². The van der Waals surface area contributed by atoms with E-state index in [0.29, 0.717) is 0 Å². The van der Waals surface area contributed by atoms with Gasteiger partial charge in [0.15, 0.2) is 10.3 Å². The average Bonchev–Trinajstić information content (AvgIpc) is 2.41. The van der Waals surface area contributed by atoms with Gasteiger partial charge < -0.3 is 4.74 Å². The first-order valence-electron chi connectivity index (χ1n) is 6.92. The second-order valence-electron chi connectivity index (χ2n) is 7.14.